The Kier molecular flexibility index (Phi) is 4.52. The van der Waals surface area contributed by atoms with E-state index >= 15 is 0 Å². The Morgan fingerprint density at radius 2 is 2.14 bits per heavy atom. The normalized spacial score (nSPS) is 26.8. The maximum Gasteiger partial charge on any atom is 0.143 e. The van der Waals surface area contributed by atoms with Gasteiger partial charge in [-0.05, 0) is 53.3 Å². The Morgan fingerprint density at radius 3 is 2.91 bits per heavy atom. The molecule has 1 saturated carbocycles. The van der Waals surface area contributed by atoms with Crippen LogP contribution >= 0.6 is 0 Å². The number of benzene rings is 1. The third kappa shape index (κ3) is 3.19. The molecule has 0 spiro atoms. The predicted octanol–water partition coefficient (Wildman–Crippen LogP) is 3.14. The second-order valence-corrected chi connectivity index (χ2v) is 6.61. The zero-order valence-corrected chi connectivity index (χ0v) is 13.6. The van der Waals surface area contributed by atoms with Crippen molar-refractivity contribution >= 4 is 0 Å². The van der Waals surface area contributed by atoms with Crippen LogP contribution in [-0.2, 0) is 0 Å². The van der Waals surface area contributed by atoms with E-state index in [-0.39, 0.29) is 0 Å². The molecule has 1 aromatic carbocycles. The molecule has 1 fully saturated rings. The summed E-state index contributed by atoms with van der Waals surface area (Å²) in [5.74, 6) is 1.55. The molecule has 1 aliphatic rings. The van der Waals surface area contributed by atoms with Gasteiger partial charge in [0.15, 0.2) is 0 Å². The highest BCUT2D eigenvalue weighted by atomic mass is 15.5. The van der Waals surface area contributed by atoms with E-state index in [2.05, 4.69) is 59.8 Å². The minimum atomic E-state index is 0.328. The number of aromatic nitrogens is 4. The summed E-state index contributed by atoms with van der Waals surface area (Å²) in [5.41, 5.74) is 2.28. The van der Waals surface area contributed by atoms with Crippen LogP contribution in [0.1, 0.15) is 51.6 Å². The quantitative estimate of drug-likeness (QED) is 0.942. The lowest BCUT2D eigenvalue weighted by molar-refractivity contribution is 0.196. The summed E-state index contributed by atoms with van der Waals surface area (Å²) in [7, 11) is 0. The first kappa shape index (κ1) is 15.2. The van der Waals surface area contributed by atoms with Crippen molar-refractivity contribution in [1.82, 2.24) is 25.5 Å². The summed E-state index contributed by atoms with van der Waals surface area (Å²) < 4.78 is 1.70. The molecule has 118 valence electrons. The van der Waals surface area contributed by atoms with Crippen LogP contribution in [-0.4, -0.2) is 26.2 Å². The lowest BCUT2D eigenvalue weighted by Crippen LogP contribution is -2.41. The van der Waals surface area contributed by atoms with Crippen LogP contribution in [0.3, 0.4) is 0 Å². The van der Waals surface area contributed by atoms with Crippen molar-refractivity contribution in [3.05, 3.63) is 36.2 Å². The molecule has 5 nitrogen and oxygen atoms in total. The SMILES string of the molecule is CC(NC1CCCC(C)C1C)c1cccc(-n2cnnn2)c1. The Balaban J connectivity index is 1.72. The minimum Gasteiger partial charge on any atom is -0.307 e. The second kappa shape index (κ2) is 6.57. The Labute approximate surface area is 132 Å². The molecule has 5 heteroatoms. The van der Waals surface area contributed by atoms with E-state index in [1.807, 2.05) is 6.07 Å². The molecule has 22 heavy (non-hydrogen) atoms. The van der Waals surface area contributed by atoms with E-state index in [0.717, 1.165) is 17.5 Å². The summed E-state index contributed by atoms with van der Waals surface area (Å²) in [6.07, 6.45) is 5.60. The van der Waals surface area contributed by atoms with Crippen molar-refractivity contribution in [3.8, 4) is 5.69 Å². The van der Waals surface area contributed by atoms with Crippen LogP contribution in [0, 0.1) is 11.8 Å². The Hall–Kier alpha value is -1.75. The molecule has 0 aliphatic heterocycles. The van der Waals surface area contributed by atoms with E-state index in [9.17, 15) is 0 Å². The number of hydrogen-bond donors (Lipinski definition) is 1. The molecular weight excluding hydrogens is 274 g/mol. The maximum atomic E-state index is 3.96. The fourth-order valence-electron chi connectivity index (χ4n) is 3.45. The van der Waals surface area contributed by atoms with Crippen molar-refractivity contribution in [1.29, 1.82) is 0 Å². The zero-order chi connectivity index (χ0) is 15.5. The van der Waals surface area contributed by atoms with E-state index < -0.39 is 0 Å². The van der Waals surface area contributed by atoms with Gasteiger partial charge in [0.25, 0.3) is 0 Å². The molecule has 1 N–H and O–H groups in total. The van der Waals surface area contributed by atoms with Gasteiger partial charge in [0, 0.05) is 12.1 Å². The highest BCUT2D eigenvalue weighted by Crippen LogP contribution is 2.31. The van der Waals surface area contributed by atoms with Gasteiger partial charge in [-0.2, -0.15) is 0 Å². The summed E-state index contributed by atoms with van der Waals surface area (Å²) in [6, 6.07) is 9.35. The molecule has 0 amide bonds. The zero-order valence-electron chi connectivity index (χ0n) is 13.6. The summed E-state index contributed by atoms with van der Waals surface area (Å²) in [5, 5.41) is 15.2. The van der Waals surface area contributed by atoms with E-state index in [0.29, 0.717) is 12.1 Å². The number of hydrogen-bond acceptors (Lipinski definition) is 4. The lowest BCUT2D eigenvalue weighted by atomic mass is 9.77. The highest BCUT2D eigenvalue weighted by molar-refractivity contribution is 5.35. The molecule has 2 aromatic rings. The number of nitrogens with one attached hydrogen (secondary N) is 1. The van der Waals surface area contributed by atoms with Crippen molar-refractivity contribution in [2.75, 3.05) is 0 Å². The van der Waals surface area contributed by atoms with Crippen molar-refractivity contribution in [2.24, 2.45) is 11.8 Å². The molecule has 1 aliphatic carbocycles. The monoisotopic (exact) mass is 299 g/mol. The smallest absolute Gasteiger partial charge is 0.143 e. The van der Waals surface area contributed by atoms with Crippen molar-refractivity contribution in [2.45, 2.75) is 52.1 Å². The van der Waals surface area contributed by atoms with Gasteiger partial charge in [0.2, 0.25) is 0 Å². The molecule has 3 rings (SSSR count). The number of nitrogens with zero attached hydrogens (tertiary/aromatic N) is 4. The summed E-state index contributed by atoms with van der Waals surface area (Å²) >= 11 is 0. The van der Waals surface area contributed by atoms with E-state index in [1.54, 1.807) is 11.0 Å². The Morgan fingerprint density at radius 1 is 1.27 bits per heavy atom. The average molecular weight is 299 g/mol. The largest absolute Gasteiger partial charge is 0.307 e. The maximum absolute atomic E-state index is 3.96. The first-order valence-corrected chi connectivity index (χ1v) is 8.24. The first-order chi connectivity index (χ1) is 10.6. The molecule has 4 atom stereocenters. The molecule has 4 unspecified atom stereocenters. The third-order valence-corrected chi connectivity index (χ3v) is 5.15. The molecular formula is C17H25N5. The summed E-state index contributed by atoms with van der Waals surface area (Å²) in [4.78, 5) is 0. The molecule has 0 radical (unpaired) electrons. The average Bonchev–Trinajstić information content (AvgIpc) is 3.06. The number of rotatable bonds is 4. The van der Waals surface area contributed by atoms with Gasteiger partial charge in [0.1, 0.15) is 6.33 Å². The summed E-state index contributed by atoms with van der Waals surface area (Å²) in [6.45, 7) is 7.00. The Bertz CT molecular complexity index is 595. The van der Waals surface area contributed by atoms with Crippen molar-refractivity contribution < 1.29 is 0 Å². The standard InChI is InChI=1S/C17H25N5/c1-12-6-4-9-17(13(12)2)19-14(3)15-7-5-8-16(10-15)22-11-18-20-21-22/h5,7-8,10-14,17,19H,4,6,9H2,1-3H3. The lowest BCUT2D eigenvalue weighted by Gasteiger charge is -2.36. The second-order valence-electron chi connectivity index (χ2n) is 6.61. The van der Waals surface area contributed by atoms with Gasteiger partial charge >= 0.3 is 0 Å². The molecule has 0 bridgehead atoms. The van der Waals surface area contributed by atoms with Crippen LogP contribution in [0.4, 0.5) is 0 Å². The van der Waals surface area contributed by atoms with Gasteiger partial charge in [-0.1, -0.05) is 38.8 Å². The molecule has 0 saturated heterocycles. The van der Waals surface area contributed by atoms with Gasteiger partial charge in [0.05, 0.1) is 5.69 Å². The predicted molar refractivity (Wildman–Crippen MR) is 86.7 cm³/mol. The van der Waals surface area contributed by atoms with Gasteiger partial charge < -0.3 is 5.32 Å². The molecule has 1 heterocycles. The fourth-order valence-corrected chi connectivity index (χ4v) is 3.45. The van der Waals surface area contributed by atoms with Crippen LogP contribution in [0.5, 0.6) is 0 Å². The van der Waals surface area contributed by atoms with Crippen LogP contribution in [0.15, 0.2) is 30.6 Å². The highest BCUT2D eigenvalue weighted by Gasteiger charge is 2.27. The van der Waals surface area contributed by atoms with Gasteiger partial charge in [-0.3, -0.25) is 0 Å². The van der Waals surface area contributed by atoms with E-state index in [4.69, 9.17) is 0 Å². The van der Waals surface area contributed by atoms with Crippen molar-refractivity contribution in [3.63, 3.8) is 0 Å². The van der Waals surface area contributed by atoms with Gasteiger partial charge in [-0.15, -0.1) is 5.10 Å². The van der Waals surface area contributed by atoms with E-state index in [1.165, 1.54) is 24.8 Å². The minimum absolute atomic E-state index is 0.328. The number of tetrazole rings is 1. The first-order valence-electron chi connectivity index (χ1n) is 8.24. The van der Waals surface area contributed by atoms with Crippen LogP contribution in [0.25, 0.3) is 5.69 Å². The topological polar surface area (TPSA) is 55.6 Å². The van der Waals surface area contributed by atoms with Crippen LogP contribution in [0.2, 0.25) is 0 Å². The van der Waals surface area contributed by atoms with Crippen LogP contribution < -0.4 is 5.32 Å². The van der Waals surface area contributed by atoms with Gasteiger partial charge in [-0.25, -0.2) is 4.68 Å². The molecule has 1 aromatic heterocycles. The fraction of sp³-hybridized carbons (Fsp3) is 0.588. The third-order valence-electron chi connectivity index (χ3n) is 5.15.